The standard InChI is InChI=1S/C10H8ClNO2/c11-8-4-2-1-3-6(8)7-5-9(13)12-10(7)14/h1-4,7H,5H2,(H,12,13,14)/t7-/m1/s1. The number of benzene rings is 1. The average molecular weight is 210 g/mol. The molecule has 0 bridgehead atoms. The summed E-state index contributed by atoms with van der Waals surface area (Å²) >= 11 is 5.93. The Labute approximate surface area is 86.1 Å². The van der Waals surface area contributed by atoms with Crippen molar-refractivity contribution >= 4 is 23.4 Å². The molecule has 1 aromatic rings. The number of rotatable bonds is 1. The number of imide groups is 1. The Bertz CT molecular complexity index is 403. The summed E-state index contributed by atoms with van der Waals surface area (Å²) in [7, 11) is 0. The molecule has 72 valence electrons. The van der Waals surface area contributed by atoms with Crippen molar-refractivity contribution in [3.8, 4) is 0 Å². The van der Waals surface area contributed by atoms with Gasteiger partial charge in [0, 0.05) is 11.4 Å². The predicted octanol–water partition coefficient (Wildman–Crippen LogP) is 1.47. The van der Waals surface area contributed by atoms with Crippen molar-refractivity contribution < 1.29 is 9.59 Å². The second-order valence-corrected chi connectivity index (χ2v) is 3.60. The molecule has 1 saturated heterocycles. The van der Waals surface area contributed by atoms with Crippen LogP contribution in [-0.4, -0.2) is 11.8 Å². The van der Waals surface area contributed by atoms with Crippen LogP contribution in [0.3, 0.4) is 0 Å². The molecule has 0 saturated carbocycles. The van der Waals surface area contributed by atoms with Gasteiger partial charge in [-0.15, -0.1) is 0 Å². The Morgan fingerprint density at radius 1 is 1.29 bits per heavy atom. The van der Waals surface area contributed by atoms with Crippen molar-refractivity contribution in [3.05, 3.63) is 34.9 Å². The molecule has 1 aliphatic rings. The Balaban J connectivity index is 2.36. The minimum absolute atomic E-state index is 0.197. The molecular formula is C10H8ClNO2. The lowest BCUT2D eigenvalue weighted by Crippen LogP contribution is -2.21. The van der Waals surface area contributed by atoms with Crippen molar-refractivity contribution in [2.24, 2.45) is 0 Å². The van der Waals surface area contributed by atoms with Crippen LogP contribution < -0.4 is 5.32 Å². The summed E-state index contributed by atoms with van der Waals surface area (Å²) in [6.07, 6.45) is 0.197. The third-order valence-electron chi connectivity index (χ3n) is 2.25. The third-order valence-corrected chi connectivity index (χ3v) is 2.59. The van der Waals surface area contributed by atoms with Gasteiger partial charge < -0.3 is 0 Å². The summed E-state index contributed by atoms with van der Waals surface area (Å²) in [5.74, 6) is -0.917. The van der Waals surface area contributed by atoms with Gasteiger partial charge >= 0.3 is 0 Å². The highest BCUT2D eigenvalue weighted by atomic mass is 35.5. The van der Waals surface area contributed by atoms with Crippen LogP contribution in [0.2, 0.25) is 5.02 Å². The van der Waals surface area contributed by atoms with Gasteiger partial charge in [0.15, 0.2) is 0 Å². The van der Waals surface area contributed by atoms with Gasteiger partial charge in [0.1, 0.15) is 0 Å². The maximum atomic E-state index is 11.3. The number of halogens is 1. The molecule has 2 rings (SSSR count). The molecule has 1 fully saturated rings. The highest BCUT2D eigenvalue weighted by Crippen LogP contribution is 2.29. The lowest BCUT2D eigenvalue weighted by atomic mass is 9.98. The molecule has 4 heteroatoms. The number of nitrogens with one attached hydrogen (secondary N) is 1. The maximum absolute atomic E-state index is 11.3. The van der Waals surface area contributed by atoms with Crippen molar-refractivity contribution in [3.63, 3.8) is 0 Å². The minimum Gasteiger partial charge on any atom is -0.296 e. The molecule has 0 spiro atoms. The van der Waals surface area contributed by atoms with Crippen molar-refractivity contribution in [1.29, 1.82) is 0 Å². The van der Waals surface area contributed by atoms with E-state index in [-0.39, 0.29) is 18.2 Å². The Morgan fingerprint density at radius 2 is 2.00 bits per heavy atom. The predicted molar refractivity (Wildman–Crippen MR) is 52.0 cm³/mol. The molecule has 2 amide bonds. The summed E-state index contributed by atoms with van der Waals surface area (Å²) < 4.78 is 0. The van der Waals surface area contributed by atoms with E-state index in [1.165, 1.54) is 0 Å². The van der Waals surface area contributed by atoms with Gasteiger partial charge in [-0.25, -0.2) is 0 Å². The Kier molecular flexibility index (Phi) is 2.25. The molecular weight excluding hydrogens is 202 g/mol. The van der Waals surface area contributed by atoms with E-state index < -0.39 is 5.92 Å². The van der Waals surface area contributed by atoms with E-state index in [9.17, 15) is 9.59 Å². The first kappa shape index (κ1) is 9.21. The monoisotopic (exact) mass is 209 g/mol. The molecule has 14 heavy (non-hydrogen) atoms. The zero-order valence-electron chi connectivity index (χ0n) is 7.29. The fourth-order valence-electron chi connectivity index (χ4n) is 1.56. The van der Waals surface area contributed by atoms with E-state index in [0.29, 0.717) is 5.02 Å². The number of carbonyl (C=O) groups excluding carboxylic acids is 2. The zero-order valence-corrected chi connectivity index (χ0v) is 8.04. The van der Waals surface area contributed by atoms with Crippen LogP contribution in [0.4, 0.5) is 0 Å². The Morgan fingerprint density at radius 3 is 2.57 bits per heavy atom. The SMILES string of the molecule is O=C1C[C@H](c2ccccc2Cl)C(=O)N1. The summed E-state index contributed by atoms with van der Waals surface area (Å²) in [5, 5.41) is 2.79. The summed E-state index contributed by atoms with van der Waals surface area (Å²) in [6, 6.07) is 7.08. The zero-order chi connectivity index (χ0) is 10.1. The van der Waals surface area contributed by atoms with Crippen LogP contribution in [0.1, 0.15) is 17.9 Å². The van der Waals surface area contributed by atoms with Crippen molar-refractivity contribution in [2.45, 2.75) is 12.3 Å². The number of carbonyl (C=O) groups is 2. The van der Waals surface area contributed by atoms with Crippen LogP contribution in [0.5, 0.6) is 0 Å². The molecule has 1 aromatic carbocycles. The molecule has 1 heterocycles. The van der Waals surface area contributed by atoms with Crippen LogP contribution in [-0.2, 0) is 9.59 Å². The van der Waals surface area contributed by atoms with Crippen LogP contribution in [0, 0.1) is 0 Å². The lowest BCUT2D eigenvalue weighted by Gasteiger charge is -2.07. The fourth-order valence-corrected chi connectivity index (χ4v) is 1.83. The van der Waals surface area contributed by atoms with Crippen molar-refractivity contribution in [2.75, 3.05) is 0 Å². The first-order valence-electron chi connectivity index (χ1n) is 4.26. The van der Waals surface area contributed by atoms with Gasteiger partial charge in [-0.2, -0.15) is 0 Å². The van der Waals surface area contributed by atoms with E-state index in [1.807, 2.05) is 0 Å². The van der Waals surface area contributed by atoms with Gasteiger partial charge in [-0.05, 0) is 11.6 Å². The lowest BCUT2D eigenvalue weighted by molar-refractivity contribution is -0.125. The topological polar surface area (TPSA) is 46.2 Å². The summed E-state index contributed by atoms with van der Waals surface area (Å²) in [6.45, 7) is 0. The maximum Gasteiger partial charge on any atom is 0.234 e. The largest absolute Gasteiger partial charge is 0.296 e. The number of amides is 2. The second-order valence-electron chi connectivity index (χ2n) is 3.19. The van der Waals surface area contributed by atoms with Gasteiger partial charge in [0.05, 0.1) is 5.92 Å². The van der Waals surface area contributed by atoms with Gasteiger partial charge in [0.2, 0.25) is 11.8 Å². The van der Waals surface area contributed by atoms with E-state index in [0.717, 1.165) is 5.56 Å². The van der Waals surface area contributed by atoms with Gasteiger partial charge in [-0.3, -0.25) is 14.9 Å². The summed E-state index contributed by atoms with van der Waals surface area (Å²) in [5.41, 5.74) is 0.720. The quantitative estimate of drug-likeness (QED) is 0.712. The molecule has 3 nitrogen and oxygen atoms in total. The molecule has 1 aliphatic heterocycles. The normalized spacial score (nSPS) is 21.1. The highest BCUT2D eigenvalue weighted by Gasteiger charge is 2.32. The van der Waals surface area contributed by atoms with E-state index >= 15 is 0 Å². The Hall–Kier alpha value is -1.35. The molecule has 1 atom stereocenters. The second kappa shape index (κ2) is 3.42. The third kappa shape index (κ3) is 1.51. The van der Waals surface area contributed by atoms with Crippen LogP contribution in [0.25, 0.3) is 0 Å². The summed E-state index contributed by atoms with van der Waals surface area (Å²) in [4.78, 5) is 22.3. The average Bonchev–Trinajstić information content (AvgIpc) is 2.46. The smallest absolute Gasteiger partial charge is 0.234 e. The molecule has 0 aliphatic carbocycles. The molecule has 0 aromatic heterocycles. The van der Waals surface area contributed by atoms with E-state index in [2.05, 4.69) is 5.32 Å². The van der Waals surface area contributed by atoms with E-state index in [4.69, 9.17) is 11.6 Å². The number of hydrogen-bond acceptors (Lipinski definition) is 2. The molecule has 0 unspecified atom stereocenters. The van der Waals surface area contributed by atoms with Gasteiger partial charge in [-0.1, -0.05) is 29.8 Å². The van der Waals surface area contributed by atoms with E-state index in [1.54, 1.807) is 24.3 Å². The minimum atomic E-state index is -0.420. The fraction of sp³-hybridized carbons (Fsp3) is 0.200. The molecule has 0 radical (unpaired) electrons. The van der Waals surface area contributed by atoms with Crippen LogP contribution in [0.15, 0.2) is 24.3 Å². The first-order valence-corrected chi connectivity index (χ1v) is 4.64. The van der Waals surface area contributed by atoms with Crippen LogP contribution >= 0.6 is 11.6 Å². The van der Waals surface area contributed by atoms with Crippen molar-refractivity contribution in [1.82, 2.24) is 5.32 Å². The van der Waals surface area contributed by atoms with Gasteiger partial charge in [0.25, 0.3) is 0 Å². The highest BCUT2D eigenvalue weighted by molar-refractivity contribution is 6.31. The molecule has 1 N–H and O–H groups in total. The number of hydrogen-bond donors (Lipinski definition) is 1. The first-order chi connectivity index (χ1) is 6.68.